The van der Waals surface area contributed by atoms with Crippen molar-refractivity contribution in [2.45, 2.75) is 57.4 Å². The van der Waals surface area contributed by atoms with Crippen LogP contribution in [0.2, 0.25) is 0 Å². The van der Waals surface area contributed by atoms with E-state index in [0.29, 0.717) is 12.5 Å². The maximum absolute atomic E-state index is 12.1. The Kier molecular flexibility index (Phi) is 6.11. The summed E-state index contributed by atoms with van der Waals surface area (Å²) in [5, 5.41) is 0. The van der Waals surface area contributed by atoms with E-state index in [1.807, 2.05) is 4.90 Å². The number of nitrogens with zero attached hydrogens (tertiary/aromatic N) is 1. The largest absolute Gasteiger partial charge is 0.379 e. The zero-order chi connectivity index (χ0) is 13.5. The summed E-state index contributed by atoms with van der Waals surface area (Å²) in [6.07, 6.45) is 10.0. The lowest BCUT2D eigenvalue weighted by Gasteiger charge is -2.29. The fourth-order valence-corrected chi connectivity index (χ4v) is 3.14. The molecule has 2 rings (SSSR count). The number of likely N-dealkylation sites (tertiary alicyclic amines) is 1. The second-order valence-electron chi connectivity index (χ2n) is 6.03. The summed E-state index contributed by atoms with van der Waals surface area (Å²) in [6.45, 7) is 2.90. The number of nitrogens with two attached hydrogens (primary N) is 1. The van der Waals surface area contributed by atoms with Crippen molar-refractivity contribution in [1.29, 1.82) is 0 Å². The minimum absolute atomic E-state index is 0.0725. The van der Waals surface area contributed by atoms with Gasteiger partial charge in [0.25, 0.3) is 0 Å². The summed E-state index contributed by atoms with van der Waals surface area (Å²) in [5.41, 5.74) is 5.95. The highest BCUT2D eigenvalue weighted by Crippen LogP contribution is 2.23. The highest BCUT2D eigenvalue weighted by atomic mass is 16.5. The zero-order valence-electron chi connectivity index (χ0n) is 12.0. The second kappa shape index (κ2) is 7.85. The summed E-state index contributed by atoms with van der Waals surface area (Å²) in [5.74, 6) is 0.759. The molecule has 1 aliphatic heterocycles. The van der Waals surface area contributed by atoms with Gasteiger partial charge in [0.1, 0.15) is 6.04 Å². The predicted molar refractivity (Wildman–Crippen MR) is 75.8 cm³/mol. The van der Waals surface area contributed by atoms with Crippen LogP contribution in [0.25, 0.3) is 0 Å². The molecule has 110 valence electrons. The van der Waals surface area contributed by atoms with Crippen molar-refractivity contribution >= 4 is 5.91 Å². The van der Waals surface area contributed by atoms with Crippen molar-refractivity contribution in [3.63, 3.8) is 0 Å². The normalized spacial score (nSPS) is 23.3. The quantitative estimate of drug-likeness (QED) is 0.829. The van der Waals surface area contributed by atoms with E-state index in [0.717, 1.165) is 32.5 Å². The van der Waals surface area contributed by atoms with Gasteiger partial charge in [-0.05, 0) is 38.0 Å². The fourth-order valence-electron chi connectivity index (χ4n) is 3.14. The van der Waals surface area contributed by atoms with Crippen LogP contribution >= 0.6 is 0 Å². The van der Waals surface area contributed by atoms with Crippen molar-refractivity contribution in [2.24, 2.45) is 11.7 Å². The van der Waals surface area contributed by atoms with Crippen LogP contribution in [0.1, 0.15) is 51.4 Å². The number of piperidine rings is 1. The molecule has 0 aromatic rings. The average molecular weight is 268 g/mol. The third-order valence-electron chi connectivity index (χ3n) is 4.36. The molecule has 1 atom stereocenters. The van der Waals surface area contributed by atoms with Crippen molar-refractivity contribution in [1.82, 2.24) is 4.90 Å². The van der Waals surface area contributed by atoms with Gasteiger partial charge in [-0.1, -0.05) is 19.3 Å². The molecule has 4 heteroatoms. The number of ether oxygens (including phenoxy) is 1. The first-order valence-corrected chi connectivity index (χ1v) is 7.89. The molecule has 1 saturated heterocycles. The summed E-state index contributed by atoms with van der Waals surface area (Å²) >= 11 is 0. The molecular weight excluding hydrogens is 240 g/mol. The molecule has 0 aromatic carbocycles. The number of carbonyl (C=O) groups is 1. The topological polar surface area (TPSA) is 55.6 Å². The Hall–Kier alpha value is -0.610. The van der Waals surface area contributed by atoms with Crippen molar-refractivity contribution in [2.75, 3.05) is 26.3 Å². The number of carbonyl (C=O) groups excluding carboxylic acids is 1. The van der Waals surface area contributed by atoms with E-state index < -0.39 is 6.04 Å². The van der Waals surface area contributed by atoms with Crippen LogP contribution in [-0.4, -0.2) is 43.2 Å². The Morgan fingerprint density at radius 2 is 1.74 bits per heavy atom. The van der Waals surface area contributed by atoms with Crippen LogP contribution in [-0.2, 0) is 9.53 Å². The standard InChI is InChI=1S/C15H28N2O2/c16-14(15(18)17-9-5-2-6-10-17)12-19-11-13-7-3-1-4-8-13/h13-14H,1-12,16H2/t14-/m0/s1. The van der Waals surface area contributed by atoms with E-state index in [1.165, 1.54) is 38.5 Å². The molecule has 0 spiro atoms. The van der Waals surface area contributed by atoms with Gasteiger partial charge in [-0.25, -0.2) is 0 Å². The smallest absolute Gasteiger partial charge is 0.241 e. The molecule has 0 bridgehead atoms. The van der Waals surface area contributed by atoms with Crippen LogP contribution in [0, 0.1) is 5.92 Å². The van der Waals surface area contributed by atoms with Crippen molar-refractivity contribution in [3.05, 3.63) is 0 Å². The van der Waals surface area contributed by atoms with Crippen molar-refractivity contribution in [3.8, 4) is 0 Å². The number of hydrogen-bond acceptors (Lipinski definition) is 3. The van der Waals surface area contributed by atoms with E-state index in [-0.39, 0.29) is 5.91 Å². The van der Waals surface area contributed by atoms with Gasteiger partial charge in [-0.2, -0.15) is 0 Å². The Morgan fingerprint density at radius 3 is 2.42 bits per heavy atom. The first-order chi connectivity index (χ1) is 9.27. The monoisotopic (exact) mass is 268 g/mol. The molecule has 0 aromatic heterocycles. The summed E-state index contributed by atoms with van der Waals surface area (Å²) < 4.78 is 5.67. The van der Waals surface area contributed by atoms with Gasteiger partial charge in [0.15, 0.2) is 0 Å². The van der Waals surface area contributed by atoms with Gasteiger partial charge < -0.3 is 15.4 Å². The van der Waals surface area contributed by atoms with Gasteiger partial charge >= 0.3 is 0 Å². The zero-order valence-corrected chi connectivity index (χ0v) is 12.0. The van der Waals surface area contributed by atoms with Crippen LogP contribution in [0.5, 0.6) is 0 Å². The van der Waals surface area contributed by atoms with E-state index >= 15 is 0 Å². The first-order valence-electron chi connectivity index (χ1n) is 7.89. The average Bonchev–Trinajstić information content (AvgIpc) is 2.48. The minimum Gasteiger partial charge on any atom is -0.379 e. The molecular formula is C15H28N2O2. The van der Waals surface area contributed by atoms with Gasteiger partial charge in [-0.3, -0.25) is 4.79 Å². The molecule has 4 nitrogen and oxygen atoms in total. The van der Waals surface area contributed by atoms with Gasteiger partial charge in [0.2, 0.25) is 5.91 Å². The predicted octanol–water partition coefficient (Wildman–Crippen LogP) is 1.92. The highest BCUT2D eigenvalue weighted by molar-refractivity contribution is 5.81. The van der Waals surface area contributed by atoms with Crippen molar-refractivity contribution < 1.29 is 9.53 Å². The van der Waals surface area contributed by atoms with E-state index in [2.05, 4.69) is 0 Å². The second-order valence-corrected chi connectivity index (χ2v) is 6.03. The Morgan fingerprint density at radius 1 is 1.11 bits per heavy atom. The van der Waals surface area contributed by atoms with E-state index in [4.69, 9.17) is 10.5 Å². The molecule has 2 aliphatic rings. The maximum Gasteiger partial charge on any atom is 0.241 e. The summed E-state index contributed by atoms with van der Waals surface area (Å²) in [6, 6.07) is -0.471. The molecule has 1 amide bonds. The minimum atomic E-state index is -0.471. The molecule has 2 fully saturated rings. The number of rotatable bonds is 5. The van der Waals surface area contributed by atoms with Crippen LogP contribution in [0.15, 0.2) is 0 Å². The van der Waals surface area contributed by atoms with Gasteiger partial charge in [0.05, 0.1) is 6.61 Å². The van der Waals surface area contributed by atoms with Crippen LogP contribution in [0.4, 0.5) is 0 Å². The first kappa shape index (κ1) is 14.8. The Balaban J connectivity index is 1.62. The number of hydrogen-bond donors (Lipinski definition) is 1. The molecule has 1 saturated carbocycles. The van der Waals surface area contributed by atoms with Crippen LogP contribution in [0.3, 0.4) is 0 Å². The highest BCUT2D eigenvalue weighted by Gasteiger charge is 2.23. The fraction of sp³-hybridized carbons (Fsp3) is 0.933. The third-order valence-corrected chi connectivity index (χ3v) is 4.36. The Labute approximate surface area is 116 Å². The maximum atomic E-state index is 12.1. The molecule has 2 N–H and O–H groups in total. The third kappa shape index (κ3) is 4.77. The summed E-state index contributed by atoms with van der Waals surface area (Å²) in [7, 11) is 0. The molecule has 0 radical (unpaired) electrons. The molecule has 1 heterocycles. The van der Waals surface area contributed by atoms with Gasteiger partial charge in [0, 0.05) is 19.7 Å². The van der Waals surface area contributed by atoms with Crippen LogP contribution < -0.4 is 5.73 Å². The van der Waals surface area contributed by atoms with Gasteiger partial charge in [-0.15, -0.1) is 0 Å². The lowest BCUT2D eigenvalue weighted by molar-refractivity contribution is -0.135. The van der Waals surface area contributed by atoms with E-state index in [9.17, 15) is 4.79 Å². The lowest BCUT2D eigenvalue weighted by atomic mass is 9.90. The molecule has 19 heavy (non-hydrogen) atoms. The van der Waals surface area contributed by atoms with E-state index in [1.54, 1.807) is 0 Å². The molecule has 0 unspecified atom stereocenters. The number of amides is 1. The SMILES string of the molecule is N[C@@H](COCC1CCCCC1)C(=O)N1CCCCC1. The Bertz CT molecular complexity index is 271. The molecule has 1 aliphatic carbocycles. The lowest BCUT2D eigenvalue weighted by Crippen LogP contribution is -2.48. The summed E-state index contributed by atoms with van der Waals surface area (Å²) in [4.78, 5) is 14.0.